The number of benzene rings is 1. The lowest BCUT2D eigenvalue weighted by Gasteiger charge is -2.34. The van der Waals surface area contributed by atoms with Crippen LogP contribution < -0.4 is 9.47 Å². The van der Waals surface area contributed by atoms with Crippen LogP contribution in [0.3, 0.4) is 0 Å². The van der Waals surface area contributed by atoms with Crippen LogP contribution in [0.25, 0.3) is 0 Å². The van der Waals surface area contributed by atoms with Gasteiger partial charge in [-0.05, 0) is 26.7 Å². The van der Waals surface area contributed by atoms with Crippen molar-refractivity contribution in [2.24, 2.45) is 4.99 Å². The first-order valence-corrected chi connectivity index (χ1v) is 9.68. The summed E-state index contributed by atoms with van der Waals surface area (Å²) in [6, 6.07) is 3.50. The Bertz CT molecular complexity index is 638. The lowest BCUT2D eigenvalue weighted by Crippen LogP contribution is -2.36. The quantitative estimate of drug-likeness (QED) is 0.484. The van der Waals surface area contributed by atoms with Crippen LogP contribution in [0.2, 0.25) is 0 Å². The van der Waals surface area contributed by atoms with Crippen LogP contribution in [0.15, 0.2) is 17.1 Å². The zero-order chi connectivity index (χ0) is 19.9. The van der Waals surface area contributed by atoms with E-state index in [1.54, 1.807) is 20.3 Å². The number of fused-ring (bicyclic) bond motifs is 1. The Labute approximate surface area is 162 Å². The van der Waals surface area contributed by atoms with Crippen molar-refractivity contribution in [3.8, 4) is 17.2 Å². The lowest BCUT2D eigenvalue weighted by molar-refractivity contribution is -0.106. The fourth-order valence-electron chi connectivity index (χ4n) is 3.13. The number of ether oxygens (including phenoxy) is 4. The fourth-order valence-corrected chi connectivity index (χ4v) is 3.13. The Kier molecular flexibility index (Phi) is 7.92. The molecule has 0 aliphatic carbocycles. The van der Waals surface area contributed by atoms with Crippen molar-refractivity contribution < 1.29 is 24.1 Å². The minimum Gasteiger partial charge on any atom is -0.507 e. The first-order valence-electron chi connectivity index (χ1n) is 9.68. The van der Waals surface area contributed by atoms with Crippen LogP contribution in [0, 0.1) is 0 Å². The summed E-state index contributed by atoms with van der Waals surface area (Å²) in [6.07, 6.45) is 4.07. The van der Waals surface area contributed by atoms with Gasteiger partial charge in [0.15, 0.2) is 6.29 Å². The molecule has 6 nitrogen and oxygen atoms in total. The monoisotopic (exact) mass is 379 g/mol. The van der Waals surface area contributed by atoms with Gasteiger partial charge in [-0.1, -0.05) is 13.3 Å². The van der Waals surface area contributed by atoms with E-state index in [0.29, 0.717) is 36.6 Å². The van der Waals surface area contributed by atoms with Crippen LogP contribution in [-0.4, -0.2) is 50.1 Å². The molecule has 0 amide bonds. The molecule has 1 heterocycles. The normalized spacial score (nSPS) is 17.0. The molecule has 0 spiro atoms. The number of aliphatic imine (C=N–C) groups is 1. The average Bonchev–Trinajstić information content (AvgIpc) is 2.60. The standard InChI is InChI=1S/C21H33NO5/c1-6-7-11-26-15-12-17(23)20-16(14-21(2,3)27-18(20)13-15)22-10-8-9-19(24-4)25-5/h12-13,19,23H,6-11,14H2,1-5H3. The summed E-state index contributed by atoms with van der Waals surface area (Å²) in [5.74, 6) is 1.41. The number of nitrogens with zero attached hydrogens (tertiary/aromatic N) is 1. The smallest absolute Gasteiger partial charge is 0.156 e. The van der Waals surface area contributed by atoms with Crippen LogP contribution >= 0.6 is 0 Å². The predicted octanol–water partition coefficient (Wildman–Crippen LogP) is 4.32. The maximum atomic E-state index is 10.6. The molecule has 0 saturated carbocycles. The van der Waals surface area contributed by atoms with Gasteiger partial charge in [-0.2, -0.15) is 0 Å². The average molecular weight is 379 g/mol. The number of hydrogen-bond donors (Lipinski definition) is 1. The number of phenolic OH excluding ortho intramolecular Hbond substituents is 1. The summed E-state index contributed by atoms with van der Waals surface area (Å²) < 4.78 is 22.3. The second-order valence-electron chi connectivity index (χ2n) is 7.43. The van der Waals surface area contributed by atoms with E-state index in [2.05, 4.69) is 6.92 Å². The highest BCUT2D eigenvalue weighted by atomic mass is 16.7. The van der Waals surface area contributed by atoms with Gasteiger partial charge in [0.2, 0.25) is 0 Å². The number of aromatic hydroxyl groups is 1. The molecule has 0 fully saturated rings. The number of hydrogen-bond acceptors (Lipinski definition) is 6. The first kappa shape index (κ1) is 21.5. The molecule has 0 radical (unpaired) electrons. The number of methoxy groups -OCH3 is 2. The molecule has 1 N–H and O–H groups in total. The third-order valence-corrected chi connectivity index (χ3v) is 4.52. The summed E-state index contributed by atoms with van der Waals surface area (Å²) in [7, 11) is 3.27. The molecule has 1 aromatic carbocycles. The van der Waals surface area contributed by atoms with Crippen LogP contribution in [0.4, 0.5) is 0 Å². The van der Waals surface area contributed by atoms with Crippen molar-refractivity contribution in [2.45, 2.75) is 64.8 Å². The summed E-state index contributed by atoms with van der Waals surface area (Å²) in [5, 5.41) is 10.6. The molecule has 1 aliphatic rings. The van der Waals surface area contributed by atoms with E-state index in [4.69, 9.17) is 23.9 Å². The molecule has 2 rings (SSSR count). The Morgan fingerprint density at radius 1 is 1.22 bits per heavy atom. The van der Waals surface area contributed by atoms with Gasteiger partial charge in [0.05, 0.1) is 17.9 Å². The van der Waals surface area contributed by atoms with Gasteiger partial charge < -0.3 is 24.1 Å². The van der Waals surface area contributed by atoms with Crippen LogP contribution in [0.1, 0.15) is 58.4 Å². The van der Waals surface area contributed by atoms with Crippen molar-refractivity contribution in [2.75, 3.05) is 27.4 Å². The van der Waals surface area contributed by atoms with E-state index in [1.165, 1.54) is 0 Å². The molecule has 0 saturated heterocycles. The highest BCUT2D eigenvalue weighted by molar-refractivity contribution is 6.06. The van der Waals surface area contributed by atoms with Gasteiger partial charge in [0.25, 0.3) is 0 Å². The first-order chi connectivity index (χ1) is 12.9. The van der Waals surface area contributed by atoms with Gasteiger partial charge in [-0.3, -0.25) is 4.99 Å². The zero-order valence-corrected chi connectivity index (χ0v) is 17.2. The van der Waals surface area contributed by atoms with Crippen molar-refractivity contribution in [1.29, 1.82) is 0 Å². The van der Waals surface area contributed by atoms with E-state index in [9.17, 15) is 5.11 Å². The summed E-state index contributed by atoms with van der Waals surface area (Å²) >= 11 is 0. The Morgan fingerprint density at radius 2 is 1.96 bits per heavy atom. The molecule has 152 valence electrons. The third kappa shape index (κ3) is 6.11. The number of phenols is 1. The van der Waals surface area contributed by atoms with Gasteiger partial charge in [-0.25, -0.2) is 0 Å². The lowest BCUT2D eigenvalue weighted by atomic mass is 9.91. The van der Waals surface area contributed by atoms with E-state index in [0.717, 1.165) is 31.4 Å². The SMILES string of the molecule is CCCCOc1cc(O)c2c(c1)OC(C)(C)CC2=NCCCC(OC)OC. The van der Waals surface area contributed by atoms with E-state index in [-0.39, 0.29) is 17.6 Å². The number of rotatable bonds is 10. The molecule has 0 atom stereocenters. The summed E-state index contributed by atoms with van der Waals surface area (Å²) in [4.78, 5) is 4.75. The minimum absolute atomic E-state index is 0.153. The van der Waals surface area contributed by atoms with Crippen molar-refractivity contribution in [3.05, 3.63) is 17.7 Å². The third-order valence-electron chi connectivity index (χ3n) is 4.52. The van der Waals surface area contributed by atoms with Crippen molar-refractivity contribution >= 4 is 5.71 Å². The Hall–Kier alpha value is -1.79. The second kappa shape index (κ2) is 9.95. The van der Waals surface area contributed by atoms with Crippen molar-refractivity contribution in [1.82, 2.24) is 0 Å². The molecular weight excluding hydrogens is 346 g/mol. The Balaban J connectivity index is 2.17. The van der Waals surface area contributed by atoms with E-state index < -0.39 is 0 Å². The minimum atomic E-state index is -0.387. The second-order valence-corrected chi connectivity index (χ2v) is 7.43. The molecule has 0 aromatic heterocycles. The molecule has 0 unspecified atom stereocenters. The van der Waals surface area contributed by atoms with Crippen LogP contribution in [0.5, 0.6) is 17.2 Å². The van der Waals surface area contributed by atoms with Crippen molar-refractivity contribution in [3.63, 3.8) is 0 Å². The van der Waals surface area contributed by atoms with E-state index in [1.807, 2.05) is 19.9 Å². The molecule has 27 heavy (non-hydrogen) atoms. The topological polar surface area (TPSA) is 69.5 Å². The predicted molar refractivity (Wildman–Crippen MR) is 106 cm³/mol. The van der Waals surface area contributed by atoms with Crippen LogP contribution in [-0.2, 0) is 9.47 Å². The van der Waals surface area contributed by atoms with Gasteiger partial charge in [-0.15, -0.1) is 0 Å². The summed E-state index contributed by atoms with van der Waals surface area (Å²) in [6.45, 7) is 7.43. The summed E-state index contributed by atoms with van der Waals surface area (Å²) in [5.41, 5.74) is 1.15. The molecule has 1 aliphatic heterocycles. The molecule has 6 heteroatoms. The molecule has 1 aromatic rings. The van der Waals surface area contributed by atoms with Gasteiger partial charge in [0.1, 0.15) is 22.8 Å². The maximum Gasteiger partial charge on any atom is 0.156 e. The largest absolute Gasteiger partial charge is 0.507 e. The molecule has 0 bridgehead atoms. The fraction of sp³-hybridized carbons (Fsp3) is 0.667. The highest BCUT2D eigenvalue weighted by Gasteiger charge is 2.33. The molecular formula is C21H33NO5. The van der Waals surface area contributed by atoms with Gasteiger partial charge in [0, 0.05) is 45.7 Å². The highest BCUT2D eigenvalue weighted by Crippen LogP contribution is 2.41. The maximum absolute atomic E-state index is 10.6. The number of unbranched alkanes of at least 4 members (excludes halogenated alkanes) is 1. The van der Waals surface area contributed by atoms with Gasteiger partial charge >= 0.3 is 0 Å². The zero-order valence-electron chi connectivity index (χ0n) is 17.2. The van der Waals surface area contributed by atoms with E-state index >= 15 is 0 Å². The Morgan fingerprint density at radius 3 is 2.63 bits per heavy atom.